The highest BCUT2D eigenvalue weighted by molar-refractivity contribution is 5.30. The van der Waals surface area contributed by atoms with Crippen LogP contribution in [-0.2, 0) is 0 Å². The normalized spacial score (nSPS) is 12.3. The first-order valence-corrected chi connectivity index (χ1v) is 5.26. The Hall–Kier alpha value is -2.14. The predicted octanol–water partition coefficient (Wildman–Crippen LogP) is 2.78. The smallest absolute Gasteiger partial charge is 0.201 e. The molecule has 3 nitrogen and oxygen atoms in total. The van der Waals surface area contributed by atoms with Crippen molar-refractivity contribution in [1.29, 1.82) is 0 Å². The maximum atomic E-state index is 13.4. The molecule has 0 saturated carbocycles. The number of hydrogen-bond acceptors (Lipinski definition) is 3. The summed E-state index contributed by atoms with van der Waals surface area (Å²) in [5.74, 6) is 3.26. The molecule has 0 fully saturated rings. The van der Waals surface area contributed by atoms with Crippen LogP contribution in [0.1, 0.15) is 6.92 Å². The summed E-state index contributed by atoms with van der Waals surface area (Å²) in [7, 11) is 0. The number of nitrogens with two attached hydrogens (primary N) is 1. The van der Waals surface area contributed by atoms with E-state index in [0.717, 1.165) is 6.07 Å². The third kappa shape index (κ3) is 4.03. The Morgan fingerprint density at radius 1 is 1.39 bits per heavy atom. The van der Waals surface area contributed by atoms with E-state index in [1.165, 1.54) is 18.3 Å². The fourth-order valence-electron chi connectivity index (χ4n) is 1.18. The van der Waals surface area contributed by atoms with Gasteiger partial charge in [-0.2, -0.15) is 4.39 Å². The first-order chi connectivity index (χ1) is 8.69. The summed E-state index contributed by atoms with van der Waals surface area (Å²) in [5.41, 5.74) is 2.31. The van der Waals surface area contributed by atoms with Gasteiger partial charge in [0.15, 0.2) is 11.6 Å². The molecule has 0 saturated heterocycles. The van der Waals surface area contributed by atoms with Gasteiger partial charge in [-0.1, -0.05) is 12.1 Å². The molecule has 0 radical (unpaired) electrons. The topological polar surface area (TPSA) is 47.3 Å². The predicted molar refractivity (Wildman–Crippen MR) is 66.3 cm³/mol. The second-order valence-electron chi connectivity index (χ2n) is 3.25. The minimum atomic E-state index is -1.02. The fraction of sp³-hybridized carbons (Fsp3) is 0.0769. The van der Waals surface area contributed by atoms with Crippen molar-refractivity contribution in [3.63, 3.8) is 0 Å². The van der Waals surface area contributed by atoms with Gasteiger partial charge in [0.05, 0.1) is 0 Å². The van der Waals surface area contributed by atoms with Crippen molar-refractivity contribution in [2.24, 2.45) is 5.84 Å². The number of allylic oxidation sites excluding steroid dienone is 4. The van der Waals surface area contributed by atoms with Gasteiger partial charge in [-0.15, -0.1) is 0 Å². The number of hydrogen-bond donors (Lipinski definition) is 2. The van der Waals surface area contributed by atoms with Crippen LogP contribution in [0.5, 0.6) is 5.75 Å². The van der Waals surface area contributed by atoms with E-state index in [1.54, 1.807) is 31.2 Å². The van der Waals surface area contributed by atoms with E-state index in [9.17, 15) is 8.78 Å². The van der Waals surface area contributed by atoms with Gasteiger partial charge in [-0.05, 0) is 37.3 Å². The first-order valence-electron chi connectivity index (χ1n) is 5.26. The highest BCUT2D eigenvalue weighted by Crippen LogP contribution is 2.21. The Labute approximate surface area is 104 Å². The Balaban J connectivity index is 2.93. The van der Waals surface area contributed by atoms with Gasteiger partial charge < -0.3 is 10.2 Å². The zero-order chi connectivity index (χ0) is 13.4. The summed E-state index contributed by atoms with van der Waals surface area (Å²) in [5, 5.41) is 0. The van der Waals surface area contributed by atoms with Crippen LogP contribution in [-0.4, -0.2) is 0 Å². The standard InChI is InChI=1S/C13H14F2N2O/c1-2-5-10(6-4-9-17-16)18-12-8-3-7-11(14)13(12)15/h2-9,17H,16H2,1H3/b5-2+,9-4+,10-6+. The van der Waals surface area contributed by atoms with Crippen molar-refractivity contribution < 1.29 is 13.5 Å². The molecule has 5 heteroatoms. The Kier molecular flexibility index (Phi) is 5.60. The second kappa shape index (κ2) is 7.24. The Morgan fingerprint density at radius 3 is 2.83 bits per heavy atom. The van der Waals surface area contributed by atoms with E-state index in [0.29, 0.717) is 5.76 Å². The monoisotopic (exact) mass is 252 g/mol. The minimum Gasteiger partial charge on any atom is -0.454 e. The van der Waals surface area contributed by atoms with E-state index in [1.807, 2.05) is 0 Å². The van der Waals surface area contributed by atoms with Gasteiger partial charge in [0.1, 0.15) is 5.76 Å². The quantitative estimate of drug-likeness (QED) is 0.366. The zero-order valence-corrected chi connectivity index (χ0v) is 9.86. The van der Waals surface area contributed by atoms with E-state index in [2.05, 4.69) is 5.43 Å². The molecule has 0 aliphatic carbocycles. The summed E-state index contributed by atoms with van der Waals surface area (Å²) in [4.78, 5) is 0. The lowest BCUT2D eigenvalue weighted by molar-refractivity contribution is 0.393. The molecule has 1 rings (SSSR count). The SMILES string of the molecule is C/C=C/C(=C\C=C\NN)Oc1cccc(F)c1F. The van der Waals surface area contributed by atoms with Gasteiger partial charge >= 0.3 is 0 Å². The van der Waals surface area contributed by atoms with Gasteiger partial charge in [-0.25, -0.2) is 4.39 Å². The van der Waals surface area contributed by atoms with Crippen LogP contribution >= 0.6 is 0 Å². The number of halogens is 2. The van der Waals surface area contributed by atoms with Crippen LogP contribution in [0.2, 0.25) is 0 Å². The average molecular weight is 252 g/mol. The molecule has 0 heterocycles. The lowest BCUT2D eigenvalue weighted by Crippen LogP contribution is -2.12. The summed E-state index contributed by atoms with van der Waals surface area (Å²) >= 11 is 0. The highest BCUT2D eigenvalue weighted by atomic mass is 19.2. The molecule has 0 unspecified atom stereocenters. The fourth-order valence-corrected chi connectivity index (χ4v) is 1.18. The van der Waals surface area contributed by atoms with E-state index in [4.69, 9.17) is 10.6 Å². The maximum absolute atomic E-state index is 13.4. The van der Waals surface area contributed by atoms with Gasteiger partial charge in [0.2, 0.25) is 5.82 Å². The molecule has 3 N–H and O–H groups in total. The summed E-state index contributed by atoms with van der Waals surface area (Å²) < 4.78 is 31.6. The van der Waals surface area contributed by atoms with Crippen LogP contribution in [0.15, 0.2) is 54.5 Å². The molecule has 0 atom stereocenters. The lowest BCUT2D eigenvalue weighted by atomic mass is 10.3. The molecule has 0 amide bonds. The van der Waals surface area contributed by atoms with Gasteiger partial charge in [-0.3, -0.25) is 5.84 Å². The molecule has 0 aliphatic heterocycles. The summed E-state index contributed by atoms with van der Waals surface area (Å²) in [6, 6.07) is 3.75. The van der Waals surface area contributed by atoms with Crippen molar-refractivity contribution in [3.8, 4) is 5.75 Å². The molecule has 0 aromatic heterocycles. The van der Waals surface area contributed by atoms with E-state index < -0.39 is 11.6 Å². The second-order valence-corrected chi connectivity index (χ2v) is 3.25. The van der Waals surface area contributed by atoms with Crippen LogP contribution < -0.4 is 16.0 Å². The molecule has 18 heavy (non-hydrogen) atoms. The highest BCUT2D eigenvalue weighted by Gasteiger charge is 2.09. The molecule has 0 spiro atoms. The number of hydrazine groups is 1. The average Bonchev–Trinajstić information content (AvgIpc) is 2.35. The zero-order valence-electron chi connectivity index (χ0n) is 9.86. The third-order valence-electron chi connectivity index (χ3n) is 1.93. The summed E-state index contributed by atoms with van der Waals surface area (Å²) in [6.07, 6.45) is 7.93. The summed E-state index contributed by atoms with van der Waals surface area (Å²) in [6.45, 7) is 1.78. The van der Waals surface area contributed by atoms with Crippen LogP contribution in [0.25, 0.3) is 0 Å². The maximum Gasteiger partial charge on any atom is 0.201 e. The third-order valence-corrected chi connectivity index (χ3v) is 1.93. The van der Waals surface area contributed by atoms with E-state index in [-0.39, 0.29) is 5.75 Å². The Bertz CT molecular complexity index is 482. The van der Waals surface area contributed by atoms with Crippen molar-refractivity contribution in [1.82, 2.24) is 5.43 Å². The molecule has 1 aromatic carbocycles. The van der Waals surface area contributed by atoms with Crippen molar-refractivity contribution in [2.45, 2.75) is 6.92 Å². The van der Waals surface area contributed by atoms with Crippen LogP contribution in [0, 0.1) is 11.6 Å². The molecule has 0 aliphatic rings. The molecule has 1 aromatic rings. The van der Waals surface area contributed by atoms with Crippen molar-refractivity contribution in [2.75, 3.05) is 0 Å². The molecule has 0 bridgehead atoms. The van der Waals surface area contributed by atoms with Gasteiger partial charge in [0, 0.05) is 6.20 Å². The number of benzene rings is 1. The van der Waals surface area contributed by atoms with Crippen molar-refractivity contribution in [3.05, 3.63) is 66.1 Å². The number of rotatable bonds is 5. The lowest BCUT2D eigenvalue weighted by Gasteiger charge is -2.07. The minimum absolute atomic E-state index is 0.173. The van der Waals surface area contributed by atoms with Gasteiger partial charge in [0.25, 0.3) is 0 Å². The number of nitrogens with one attached hydrogen (secondary N) is 1. The Morgan fingerprint density at radius 2 is 2.17 bits per heavy atom. The molecular formula is C13H14F2N2O. The number of ether oxygens (including phenoxy) is 1. The largest absolute Gasteiger partial charge is 0.454 e. The van der Waals surface area contributed by atoms with Crippen LogP contribution in [0.4, 0.5) is 8.78 Å². The molecular weight excluding hydrogens is 238 g/mol. The van der Waals surface area contributed by atoms with E-state index >= 15 is 0 Å². The van der Waals surface area contributed by atoms with Crippen LogP contribution in [0.3, 0.4) is 0 Å². The van der Waals surface area contributed by atoms with Crippen molar-refractivity contribution >= 4 is 0 Å². The molecule has 96 valence electrons. The first kappa shape index (κ1) is 13.9.